The van der Waals surface area contributed by atoms with Gasteiger partial charge in [-0.15, -0.1) is 0 Å². The van der Waals surface area contributed by atoms with Crippen molar-refractivity contribution in [3.8, 4) is 5.75 Å². The first-order chi connectivity index (χ1) is 6.06. The Bertz CT molecular complexity index is 354. The maximum absolute atomic E-state index is 12.7. The van der Waals surface area contributed by atoms with Crippen molar-refractivity contribution in [2.24, 2.45) is 5.73 Å². The summed E-state index contributed by atoms with van der Waals surface area (Å²) in [6.45, 7) is -0.121. The largest absolute Gasteiger partial charge is 0.505 e. The lowest BCUT2D eigenvalue weighted by atomic mass is 10.1. The molecule has 6 heteroatoms. The number of aromatic hydroxyl groups is 1. The van der Waals surface area contributed by atoms with Gasteiger partial charge >= 0.3 is 0 Å². The predicted octanol–water partition coefficient (Wildman–Crippen LogP) is 0.898. The average Bonchev–Trinajstić information content (AvgIpc) is 2.08. The summed E-state index contributed by atoms with van der Waals surface area (Å²) >= 11 is 0. The van der Waals surface area contributed by atoms with Gasteiger partial charge in [0.05, 0.1) is 11.0 Å². The summed E-state index contributed by atoms with van der Waals surface area (Å²) in [5.74, 6) is -1.66. The first-order valence-corrected chi connectivity index (χ1v) is 3.42. The first kappa shape index (κ1) is 9.40. The van der Waals surface area contributed by atoms with Crippen molar-refractivity contribution < 1.29 is 14.4 Å². The van der Waals surface area contributed by atoms with Gasteiger partial charge in [-0.1, -0.05) is 0 Å². The number of nitrogens with zero attached hydrogens (tertiary/aromatic N) is 1. The summed E-state index contributed by atoms with van der Waals surface area (Å²) in [6, 6.07) is 1.60. The molecule has 0 aliphatic carbocycles. The van der Waals surface area contributed by atoms with Crippen LogP contribution in [-0.4, -0.2) is 10.0 Å². The van der Waals surface area contributed by atoms with E-state index in [4.69, 9.17) is 10.8 Å². The van der Waals surface area contributed by atoms with Crippen molar-refractivity contribution in [3.05, 3.63) is 33.6 Å². The fourth-order valence-electron chi connectivity index (χ4n) is 0.928. The van der Waals surface area contributed by atoms with Crippen LogP contribution in [0, 0.1) is 15.9 Å². The number of nitro benzene ring substituents is 1. The molecule has 5 nitrogen and oxygen atoms in total. The molecule has 0 spiro atoms. The molecule has 0 amide bonds. The molecule has 0 heterocycles. The fraction of sp³-hybridized carbons (Fsp3) is 0.143. The molecule has 0 atom stereocenters. The molecule has 1 rings (SSSR count). The summed E-state index contributed by atoms with van der Waals surface area (Å²) in [4.78, 5) is 9.60. The van der Waals surface area contributed by atoms with Crippen LogP contribution in [0.2, 0.25) is 0 Å². The normalized spacial score (nSPS) is 10.0. The third-order valence-electron chi connectivity index (χ3n) is 1.56. The van der Waals surface area contributed by atoms with Crippen molar-refractivity contribution in [2.45, 2.75) is 6.54 Å². The highest BCUT2D eigenvalue weighted by molar-refractivity contribution is 5.45. The van der Waals surface area contributed by atoms with Crippen LogP contribution >= 0.6 is 0 Å². The topological polar surface area (TPSA) is 89.4 Å². The molecule has 1 aromatic carbocycles. The van der Waals surface area contributed by atoms with Crippen molar-refractivity contribution in [1.29, 1.82) is 0 Å². The second-order valence-electron chi connectivity index (χ2n) is 2.39. The molecule has 0 fully saturated rings. The van der Waals surface area contributed by atoms with Crippen LogP contribution in [0.1, 0.15) is 5.56 Å². The molecule has 3 N–H and O–H groups in total. The lowest BCUT2D eigenvalue weighted by molar-refractivity contribution is -0.385. The first-order valence-electron chi connectivity index (χ1n) is 3.42. The Morgan fingerprint density at radius 1 is 1.62 bits per heavy atom. The standard InChI is InChI=1S/C7H7FN2O3/c8-5-2-6(10(12)13)4(3-9)1-7(5)11/h1-2,11H,3,9H2. The minimum absolute atomic E-state index is 0.101. The molecule has 0 bridgehead atoms. The van der Waals surface area contributed by atoms with Gasteiger partial charge in [0.25, 0.3) is 5.69 Å². The summed E-state index contributed by atoms with van der Waals surface area (Å²) < 4.78 is 12.7. The van der Waals surface area contributed by atoms with Crippen LogP contribution < -0.4 is 5.73 Å². The number of phenolic OH excluding ortho intramolecular Hbond substituents is 1. The van der Waals surface area contributed by atoms with E-state index in [1.807, 2.05) is 0 Å². The van der Waals surface area contributed by atoms with Gasteiger partial charge in [-0.3, -0.25) is 10.1 Å². The summed E-state index contributed by atoms with van der Waals surface area (Å²) in [6.07, 6.45) is 0. The molecular weight excluding hydrogens is 179 g/mol. The van der Waals surface area contributed by atoms with Gasteiger partial charge in [-0.05, 0) is 6.07 Å². The van der Waals surface area contributed by atoms with Crippen molar-refractivity contribution in [3.63, 3.8) is 0 Å². The van der Waals surface area contributed by atoms with E-state index in [1.165, 1.54) is 0 Å². The molecule has 1 aromatic rings. The molecule has 0 aliphatic rings. The van der Waals surface area contributed by atoms with Crippen LogP contribution in [0.15, 0.2) is 12.1 Å². The monoisotopic (exact) mass is 186 g/mol. The Labute approximate surface area is 72.7 Å². The zero-order valence-corrected chi connectivity index (χ0v) is 6.53. The molecule has 0 aromatic heterocycles. The van der Waals surface area contributed by atoms with E-state index in [-0.39, 0.29) is 12.1 Å². The molecule has 0 saturated heterocycles. The number of nitrogens with two attached hydrogens (primary N) is 1. The third kappa shape index (κ3) is 1.73. The van der Waals surface area contributed by atoms with E-state index in [0.29, 0.717) is 6.07 Å². The van der Waals surface area contributed by atoms with E-state index in [1.54, 1.807) is 0 Å². The van der Waals surface area contributed by atoms with Gasteiger partial charge in [0.2, 0.25) is 0 Å². The average molecular weight is 186 g/mol. The molecule has 0 aliphatic heterocycles. The van der Waals surface area contributed by atoms with Gasteiger partial charge in [0.1, 0.15) is 0 Å². The third-order valence-corrected chi connectivity index (χ3v) is 1.56. The highest BCUT2D eigenvalue weighted by Gasteiger charge is 2.16. The van der Waals surface area contributed by atoms with Crippen LogP contribution in [0.3, 0.4) is 0 Å². The van der Waals surface area contributed by atoms with Gasteiger partial charge in [-0.25, -0.2) is 4.39 Å². The summed E-state index contributed by atoms with van der Waals surface area (Å²) in [7, 11) is 0. The molecule has 0 unspecified atom stereocenters. The van der Waals surface area contributed by atoms with E-state index in [9.17, 15) is 14.5 Å². The highest BCUT2D eigenvalue weighted by Crippen LogP contribution is 2.26. The quantitative estimate of drug-likeness (QED) is 0.530. The van der Waals surface area contributed by atoms with Crippen LogP contribution in [0.4, 0.5) is 10.1 Å². The van der Waals surface area contributed by atoms with Crippen LogP contribution in [-0.2, 0) is 6.54 Å². The van der Waals surface area contributed by atoms with Crippen LogP contribution in [0.25, 0.3) is 0 Å². The smallest absolute Gasteiger partial charge is 0.277 e. The second-order valence-corrected chi connectivity index (χ2v) is 2.39. The fourth-order valence-corrected chi connectivity index (χ4v) is 0.928. The Morgan fingerprint density at radius 3 is 2.69 bits per heavy atom. The number of hydrogen-bond donors (Lipinski definition) is 2. The minimum atomic E-state index is -1.02. The van der Waals surface area contributed by atoms with Gasteiger partial charge < -0.3 is 10.8 Å². The lowest BCUT2D eigenvalue weighted by Gasteiger charge is -2.01. The Hall–Kier alpha value is -1.69. The number of nitro groups is 1. The van der Waals surface area contributed by atoms with E-state index >= 15 is 0 Å². The van der Waals surface area contributed by atoms with Crippen molar-refractivity contribution in [2.75, 3.05) is 0 Å². The van der Waals surface area contributed by atoms with E-state index in [2.05, 4.69) is 0 Å². The van der Waals surface area contributed by atoms with Crippen molar-refractivity contribution in [1.82, 2.24) is 0 Å². The number of benzene rings is 1. The number of halogens is 1. The SMILES string of the molecule is NCc1cc(O)c(F)cc1[N+](=O)[O-]. The van der Waals surface area contributed by atoms with E-state index in [0.717, 1.165) is 6.07 Å². The molecule has 0 radical (unpaired) electrons. The maximum Gasteiger partial charge on any atom is 0.277 e. The molecule has 0 saturated carbocycles. The lowest BCUT2D eigenvalue weighted by Crippen LogP contribution is -2.02. The Morgan fingerprint density at radius 2 is 2.23 bits per heavy atom. The second kappa shape index (κ2) is 3.36. The zero-order chi connectivity index (χ0) is 10.0. The molecule has 70 valence electrons. The number of phenols is 1. The van der Waals surface area contributed by atoms with Crippen LogP contribution in [0.5, 0.6) is 5.75 Å². The van der Waals surface area contributed by atoms with Gasteiger partial charge in [0.15, 0.2) is 11.6 Å². The zero-order valence-electron chi connectivity index (χ0n) is 6.53. The van der Waals surface area contributed by atoms with E-state index < -0.39 is 22.2 Å². The Kier molecular flexibility index (Phi) is 2.43. The molecule has 13 heavy (non-hydrogen) atoms. The predicted molar refractivity (Wildman–Crippen MR) is 42.6 cm³/mol. The summed E-state index contributed by atoms with van der Waals surface area (Å²) in [5.41, 5.74) is 4.85. The maximum atomic E-state index is 12.7. The van der Waals surface area contributed by atoms with Gasteiger partial charge in [-0.2, -0.15) is 0 Å². The number of hydrogen-bond acceptors (Lipinski definition) is 4. The Balaban J connectivity index is 3.33. The van der Waals surface area contributed by atoms with Crippen molar-refractivity contribution >= 4 is 5.69 Å². The minimum Gasteiger partial charge on any atom is -0.505 e. The highest BCUT2D eigenvalue weighted by atomic mass is 19.1. The van der Waals surface area contributed by atoms with Gasteiger partial charge in [0, 0.05) is 12.1 Å². The summed E-state index contributed by atoms with van der Waals surface area (Å²) in [5, 5.41) is 19.2. The molecular formula is C7H7FN2O3. The number of rotatable bonds is 2.